The van der Waals surface area contributed by atoms with Gasteiger partial charge in [0.05, 0.1) is 5.60 Å². The van der Waals surface area contributed by atoms with Gasteiger partial charge in [-0.2, -0.15) is 0 Å². The van der Waals surface area contributed by atoms with Crippen molar-refractivity contribution in [3.05, 3.63) is 11.6 Å². The molecule has 2 nitrogen and oxygen atoms in total. The van der Waals surface area contributed by atoms with Crippen molar-refractivity contribution in [2.45, 2.75) is 57.0 Å². The molecule has 2 bridgehead atoms. The van der Waals surface area contributed by atoms with Gasteiger partial charge in [0.25, 0.3) is 0 Å². The van der Waals surface area contributed by atoms with E-state index in [-0.39, 0.29) is 0 Å². The van der Waals surface area contributed by atoms with Crippen molar-refractivity contribution in [3.8, 4) is 0 Å². The van der Waals surface area contributed by atoms with Crippen LogP contribution in [0.5, 0.6) is 0 Å². The first-order valence-electron chi connectivity index (χ1n) is 7.43. The van der Waals surface area contributed by atoms with Gasteiger partial charge in [0.2, 0.25) is 0 Å². The lowest BCUT2D eigenvalue weighted by atomic mass is 9.74. The second-order valence-corrected chi connectivity index (χ2v) is 6.14. The van der Waals surface area contributed by atoms with E-state index in [1.165, 1.54) is 50.6 Å². The topological polar surface area (TPSA) is 23.5 Å². The number of hydrogen-bond acceptors (Lipinski definition) is 2. The normalized spacial score (nSPS) is 42.8. The molecule has 0 aromatic carbocycles. The number of nitrogens with zero attached hydrogens (tertiary/aromatic N) is 1. The Kier molecular flexibility index (Phi) is 3.27. The summed E-state index contributed by atoms with van der Waals surface area (Å²) in [6.45, 7) is 3.44. The maximum Gasteiger partial charge on any atom is 0.0909 e. The quantitative estimate of drug-likeness (QED) is 0.706. The molecule has 2 heteroatoms. The molecule has 3 atom stereocenters. The SMILES string of the molecule is OC1(C2=CCCCCCC2)CCN2CCC1C2. The van der Waals surface area contributed by atoms with Crippen molar-refractivity contribution in [1.29, 1.82) is 0 Å². The summed E-state index contributed by atoms with van der Waals surface area (Å²) >= 11 is 0. The Balaban J connectivity index is 1.80. The van der Waals surface area contributed by atoms with E-state index in [2.05, 4.69) is 11.0 Å². The number of aliphatic hydroxyl groups is 1. The van der Waals surface area contributed by atoms with Gasteiger partial charge >= 0.3 is 0 Å². The van der Waals surface area contributed by atoms with E-state index in [4.69, 9.17) is 0 Å². The molecular weight excluding hydrogens is 210 g/mol. The van der Waals surface area contributed by atoms with Crippen molar-refractivity contribution in [2.75, 3.05) is 19.6 Å². The van der Waals surface area contributed by atoms with E-state index in [0.29, 0.717) is 5.92 Å². The molecule has 3 aliphatic rings. The van der Waals surface area contributed by atoms with Crippen LogP contribution in [-0.2, 0) is 0 Å². The molecule has 3 unspecified atom stereocenters. The van der Waals surface area contributed by atoms with Crippen molar-refractivity contribution in [1.82, 2.24) is 4.90 Å². The van der Waals surface area contributed by atoms with Crippen LogP contribution in [0.3, 0.4) is 0 Å². The predicted molar refractivity (Wildman–Crippen MR) is 69.9 cm³/mol. The van der Waals surface area contributed by atoms with Gasteiger partial charge in [-0.05, 0) is 50.6 Å². The average molecular weight is 235 g/mol. The molecule has 17 heavy (non-hydrogen) atoms. The molecule has 0 saturated carbocycles. The third-order valence-corrected chi connectivity index (χ3v) is 5.10. The van der Waals surface area contributed by atoms with Crippen molar-refractivity contribution >= 4 is 0 Å². The Morgan fingerprint density at radius 2 is 2.06 bits per heavy atom. The zero-order valence-corrected chi connectivity index (χ0v) is 10.8. The van der Waals surface area contributed by atoms with Gasteiger partial charge in [0, 0.05) is 19.0 Å². The summed E-state index contributed by atoms with van der Waals surface area (Å²) in [5.74, 6) is 0.516. The van der Waals surface area contributed by atoms with E-state index in [0.717, 1.165) is 25.9 Å². The van der Waals surface area contributed by atoms with Crippen LogP contribution in [0.2, 0.25) is 0 Å². The van der Waals surface area contributed by atoms with Crippen LogP contribution in [0.15, 0.2) is 11.6 Å². The zero-order chi connectivity index (χ0) is 11.7. The molecule has 2 aliphatic heterocycles. The Bertz CT molecular complexity index is 312. The predicted octanol–water partition coefficient (Wildman–Crippen LogP) is 2.72. The van der Waals surface area contributed by atoms with Crippen LogP contribution in [0.4, 0.5) is 0 Å². The lowest BCUT2D eigenvalue weighted by Gasteiger charge is -2.41. The molecule has 2 fully saturated rings. The number of allylic oxidation sites excluding steroid dienone is 1. The summed E-state index contributed by atoms with van der Waals surface area (Å²) in [5.41, 5.74) is 0.952. The Morgan fingerprint density at radius 1 is 1.18 bits per heavy atom. The Labute approximate surface area is 105 Å². The van der Waals surface area contributed by atoms with Gasteiger partial charge in [-0.3, -0.25) is 0 Å². The average Bonchev–Trinajstić information content (AvgIpc) is 2.69. The monoisotopic (exact) mass is 235 g/mol. The molecular formula is C15H25NO. The van der Waals surface area contributed by atoms with Crippen LogP contribution < -0.4 is 0 Å². The second kappa shape index (κ2) is 4.74. The highest BCUT2D eigenvalue weighted by molar-refractivity contribution is 5.22. The van der Waals surface area contributed by atoms with Gasteiger partial charge in [-0.25, -0.2) is 0 Å². The summed E-state index contributed by atoms with van der Waals surface area (Å²) in [4.78, 5) is 2.52. The van der Waals surface area contributed by atoms with Crippen molar-refractivity contribution < 1.29 is 5.11 Å². The first-order chi connectivity index (χ1) is 8.29. The molecule has 1 N–H and O–H groups in total. The minimum Gasteiger partial charge on any atom is -0.385 e. The van der Waals surface area contributed by atoms with E-state index < -0.39 is 5.60 Å². The molecule has 2 heterocycles. The van der Waals surface area contributed by atoms with E-state index >= 15 is 0 Å². The Morgan fingerprint density at radius 3 is 3.00 bits per heavy atom. The Hall–Kier alpha value is -0.340. The number of rotatable bonds is 1. The van der Waals surface area contributed by atoms with Gasteiger partial charge in [-0.15, -0.1) is 0 Å². The maximum atomic E-state index is 11.1. The number of hydrogen-bond donors (Lipinski definition) is 1. The molecule has 0 radical (unpaired) electrons. The largest absolute Gasteiger partial charge is 0.385 e. The molecule has 2 saturated heterocycles. The molecule has 0 aromatic rings. The lowest BCUT2D eigenvalue weighted by Crippen LogP contribution is -2.47. The highest BCUT2D eigenvalue weighted by atomic mass is 16.3. The van der Waals surface area contributed by atoms with Gasteiger partial charge < -0.3 is 10.0 Å². The zero-order valence-electron chi connectivity index (χ0n) is 10.8. The van der Waals surface area contributed by atoms with Crippen molar-refractivity contribution in [2.24, 2.45) is 5.92 Å². The fourth-order valence-corrected chi connectivity index (χ4v) is 3.97. The molecule has 0 aromatic heterocycles. The van der Waals surface area contributed by atoms with Crippen LogP contribution in [0.1, 0.15) is 51.4 Å². The third-order valence-electron chi connectivity index (χ3n) is 5.10. The molecule has 3 rings (SSSR count). The fraction of sp³-hybridized carbons (Fsp3) is 0.867. The number of fused-ring (bicyclic) bond motifs is 2. The van der Waals surface area contributed by atoms with E-state index in [1.807, 2.05) is 0 Å². The molecule has 1 aliphatic carbocycles. The lowest BCUT2D eigenvalue weighted by molar-refractivity contribution is -0.0155. The van der Waals surface area contributed by atoms with Crippen LogP contribution in [-0.4, -0.2) is 35.2 Å². The van der Waals surface area contributed by atoms with Gasteiger partial charge in [0.15, 0.2) is 0 Å². The maximum absolute atomic E-state index is 11.1. The summed E-state index contributed by atoms with van der Waals surface area (Å²) in [6, 6.07) is 0. The van der Waals surface area contributed by atoms with Gasteiger partial charge in [0.1, 0.15) is 0 Å². The molecule has 0 spiro atoms. The second-order valence-electron chi connectivity index (χ2n) is 6.14. The van der Waals surface area contributed by atoms with E-state index in [1.54, 1.807) is 0 Å². The summed E-state index contributed by atoms with van der Waals surface area (Å²) in [5, 5.41) is 11.1. The number of piperidine rings is 1. The minimum absolute atomic E-state index is 0.440. The highest BCUT2D eigenvalue weighted by Gasteiger charge is 2.46. The van der Waals surface area contributed by atoms with Crippen LogP contribution in [0, 0.1) is 5.92 Å². The fourth-order valence-electron chi connectivity index (χ4n) is 3.97. The third kappa shape index (κ3) is 2.17. The summed E-state index contributed by atoms with van der Waals surface area (Å²) in [6.07, 6.45) is 12.2. The van der Waals surface area contributed by atoms with Crippen molar-refractivity contribution in [3.63, 3.8) is 0 Å². The molecule has 96 valence electrons. The summed E-state index contributed by atoms with van der Waals surface area (Å²) < 4.78 is 0. The molecule has 0 amide bonds. The van der Waals surface area contributed by atoms with Gasteiger partial charge in [-0.1, -0.05) is 18.9 Å². The van der Waals surface area contributed by atoms with Crippen LogP contribution >= 0.6 is 0 Å². The standard InChI is InChI=1S/C15H25NO/c17-15(9-11-16-10-8-14(15)12-16)13-6-4-2-1-3-5-7-13/h6,14,17H,1-5,7-12H2. The minimum atomic E-state index is -0.440. The smallest absolute Gasteiger partial charge is 0.0909 e. The van der Waals surface area contributed by atoms with E-state index in [9.17, 15) is 5.11 Å². The first-order valence-corrected chi connectivity index (χ1v) is 7.43. The highest BCUT2D eigenvalue weighted by Crippen LogP contribution is 2.42. The first kappa shape index (κ1) is 11.7. The summed E-state index contributed by atoms with van der Waals surface area (Å²) in [7, 11) is 0. The van der Waals surface area contributed by atoms with Crippen LogP contribution in [0.25, 0.3) is 0 Å².